The van der Waals surface area contributed by atoms with Gasteiger partial charge >= 0.3 is 5.97 Å². The van der Waals surface area contributed by atoms with Crippen molar-refractivity contribution in [3.8, 4) is 0 Å². The largest absolute Gasteiger partial charge is 0.480 e. The molecule has 21 heavy (non-hydrogen) atoms. The van der Waals surface area contributed by atoms with E-state index < -0.39 is 5.97 Å². The van der Waals surface area contributed by atoms with Crippen LogP contribution in [0.1, 0.15) is 16.2 Å². The van der Waals surface area contributed by atoms with Crippen LogP contribution >= 0.6 is 11.3 Å². The number of carbonyl (C=O) groups is 2. The predicted octanol–water partition coefficient (Wildman–Crippen LogP) is 1.69. The first-order valence-corrected chi connectivity index (χ1v) is 7.84. The fourth-order valence-corrected chi connectivity index (χ4v) is 3.12. The highest BCUT2D eigenvalue weighted by molar-refractivity contribution is 7.12. The Bertz CT molecular complexity index is 539. The Labute approximate surface area is 128 Å². The van der Waals surface area contributed by atoms with Gasteiger partial charge in [0, 0.05) is 42.0 Å². The van der Waals surface area contributed by atoms with E-state index in [-0.39, 0.29) is 12.5 Å². The molecule has 0 radical (unpaired) electrons. The van der Waals surface area contributed by atoms with Crippen LogP contribution in [0.3, 0.4) is 0 Å². The van der Waals surface area contributed by atoms with Gasteiger partial charge in [-0.3, -0.25) is 14.5 Å². The third-order valence-electron chi connectivity index (χ3n) is 3.41. The van der Waals surface area contributed by atoms with E-state index in [1.165, 1.54) is 4.88 Å². The standard InChI is InChI=1S/C15H20N2O3S/c1-12-3-4-13(21-12)5-6-14(18)17-8-2-7-16(9-10-17)11-15(19)20/h3-6H,2,7-11H2,1H3,(H,19,20). The lowest BCUT2D eigenvalue weighted by molar-refractivity contribution is -0.138. The molecule has 5 nitrogen and oxygen atoms in total. The number of nitrogens with zero attached hydrogens (tertiary/aromatic N) is 2. The Kier molecular flexibility index (Phi) is 5.52. The number of thiophene rings is 1. The second kappa shape index (κ2) is 7.38. The highest BCUT2D eigenvalue weighted by Gasteiger charge is 2.18. The number of aliphatic carboxylic acids is 1. The van der Waals surface area contributed by atoms with Crippen LogP contribution in [-0.2, 0) is 9.59 Å². The van der Waals surface area contributed by atoms with E-state index >= 15 is 0 Å². The molecule has 2 rings (SSSR count). The Morgan fingerprint density at radius 2 is 2.10 bits per heavy atom. The summed E-state index contributed by atoms with van der Waals surface area (Å²) in [7, 11) is 0. The van der Waals surface area contributed by atoms with E-state index in [0.717, 1.165) is 17.8 Å². The fraction of sp³-hybridized carbons (Fsp3) is 0.467. The summed E-state index contributed by atoms with van der Waals surface area (Å²) in [6, 6.07) is 4.03. The zero-order valence-corrected chi connectivity index (χ0v) is 12.9. The van der Waals surface area contributed by atoms with Crippen LogP contribution in [-0.4, -0.2) is 59.5 Å². The minimum Gasteiger partial charge on any atom is -0.480 e. The molecule has 1 aromatic rings. The topological polar surface area (TPSA) is 60.9 Å². The predicted molar refractivity (Wildman–Crippen MR) is 83.4 cm³/mol. The number of hydrogen-bond acceptors (Lipinski definition) is 4. The molecule has 114 valence electrons. The van der Waals surface area contributed by atoms with E-state index in [0.29, 0.717) is 19.6 Å². The van der Waals surface area contributed by atoms with Gasteiger partial charge in [0.1, 0.15) is 0 Å². The smallest absolute Gasteiger partial charge is 0.317 e. The molecule has 0 bridgehead atoms. The van der Waals surface area contributed by atoms with Crippen molar-refractivity contribution < 1.29 is 14.7 Å². The average molecular weight is 308 g/mol. The Balaban J connectivity index is 1.88. The third-order valence-corrected chi connectivity index (χ3v) is 4.38. The molecule has 1 aromatic heterocycles. The van der Waals surface area contributed by atoms with E-state index in [2.05, 4.69) is 0 Å². The molecule has 1 saturated heterocycles. The maximum atomic E-state index is 12.2. The molecule has 1 aliphatic rings. The summed E-state index contributed by atoms with van der Waals surface area (Å²) in [4.78, 5) is 28.9. The molecule has 1 N–H and O–H groups in total. The normalized spacial score (nSPS) is 17.1. The van der Waals surface area contributed by atoms with E-state index in [4.69, 9.17) is 5.11 Å². The van der Waals surface area contributed by atoms with Crippen molar-refractivity contribution in [2.24, 2.45) is 0 Å². The van der Waals surface area contributed by atoms with Gasteiger partial charge in [0.15, 0.2) is 0 Å². The molecule has 1 fully saturated rings. The van der Waals surface area contributed by atoms with Gasteiger partial charge in [-0.05, 0) is 31.6 Å². The summed E-state index contributed by atoms with van der Waals surface area (Å²) in [5, 5.41) is 8.81. The van der Waals surface area contributed by atoms with Gasteiger partial charge in [-0.2, -0.15) is 0 Å². The number of hydrogen-bond donors (Lipinski definition) is 1. The van der Waals surface area contributed by atoms with Crippen LogP contribution in [0.5, 0.6) is 0 Å². The van der Waals surface area contributed by atoms with Gasteiger partial charge in [0.25, 0.3) is 0 Å². The van der Waals surface area contributed by atoms with Gasteiger partial charge in [-0.15, -0.1) is 11.3 Å². The van der Waals surface area contributed by atoms with Crippen molar-refractivity contribution in [2.45, 2.75) is 13.3 Å². The quantitative estimate of drug-likeness (QED) is 0.860. The monoisotopic (exact) mass is 308 g/mol. The summed E-state index contributed by atoms with van der Waals surface area (Å²) in [6.07, 6.45) is 4.27. The maximum Gasteiger partial charge on any atom is 0.317 e. The van der Waals surface area contributed by atoms with E-state index in [1.54, 1.807) is 22.3 Å². The number of rotatable bonds is 4. The van der Waals surface area contributed by atoms with Crippen molar-refractivity contribution >= 4 is 29.3 Å². The number of amides is 1. The summed E-state index contributed by atoms with van der Waals surface area (Å²) in [5.74, 6) is -0.819. The Morgan fingerprint density at radius 1 is 1.29 bits per heavy atom. The van der Waals surface area contributed by atoms with Gasteiger partial charge in [0.05, 0.1) is 6.54 Å². The molecular formula is C15H20N2O3S. The summed E-state index contributed by atoms with van der Waals surface area (Å²) in [6.45, 7) is 4.69. The van der Waals surface area contributed by atoms with Crippen LogP contribution in [0.2, 0.25) is 0 Å². The highest BCUT2D eigenvalue weighted by atomic mass is 32.1. The molecule has 0 unspecified atom stereocenters. The molecule has 1 amide bonds. The summed E-state index contributed by atoms with van der Waals surface area (Å²) >= 11 is 1.66. The second-order valence-electron chi connectivity index (χ2n) is 5.13. The summed E-state index contributed by atoms with van der Waals surface area (Å²) < 4.78 is 0. The number of carboxylic acid groups (broad SMARTS) is 1. The van der Waals surface area contributed by atoms with Crippen molar-refractivity contribution in [2.75, 3.05) is 32.7 Å². The first kappa shape index (κ1) is 15.7. The van der Waals surface area contributed by atoms with Gasteiger partial charge in [-0.25, -0.2) is 0 Å². The molecule has 6 heteroatoms. The van der Waals surface area contributed by atoms with Crippen LogP contribution in [0.4, 0.5) is 0 Å². The zero-order chi connectivity index (χ0) is 15.2. The lowest BCUT2D eigenvalue weighted by Crippen LogP contribution is -2.36. The van der Waals surface area contributed by atoms with Crippen LogP contribution < -0.4 is 0 Å². The fourth-order valence-electron chi connectivity index (χ4n) is 2.34. The molecule has 1 aliphatic heterocycles. The maximum absolute atomic E-state index is 12.2. The SMILES string of the molecule is Cc1ccc(C=CC(=O)N2CCCN(CC(=O)O)CC2)s1. The molecule has 0 saturated carbocycles. The molecule has 0 aliphatic carbocycles. The van der Waals surface area contributed by atoms with Gasteiger partial charge < -0.3 is 10.0 Å². The van der Waals surface area contributed by atoms with E-state index in [9.17, 15) is 9.59 Å². The highest BCUT2D eigenvalue weighted by Crippen LogP contribution is 2.16. The second-order valence-corrected chi connectivity index (χ2v) is 6.45. The lowest BCUT2D eigenvalue weighted by atomic mass is 10.3. The molecular weight excluding hydrogens is 288 g/mol. The van der Waals surface area contributed by atoms with Gasteiger partial charge in [-0.1, -0.05) is 0 Å². The minimum absolute atomic E-state index is 0.00164. The number of carbonyl (C=O) groups excluding carboxylic acids is 1. The molecule has 2 heterocycles. The zero-order valence-electron chi connectivity index (χ0n) is 12.1. The van der Waals surface area contributed by atoms with Crippen molar-refractivity contribution in [3.05, 3.63) is 28.0 Å². The minimum atomic E-state index is -0.817. The van der Waals surface area contributed by atoms with Crippen LogP contribution in [0.15, 0.2) is 18.2 Å². The van der Waals surface area contributed by atoms with E-state index in [1.807, 2.05) is 30.0 Å². The Morgan fingerprint density at radius 3 is 2.76 bits per heavy atom. The average Bonchev–Trinajstić information content (AvgIpc) is 2.70. The van der Waals surface area contributed by atoms with Crippen LogP contribution in [0.25, 0.3) is 6.08 Å². The van der Waals surface area contributed by atoms with Crippen molar-refractivity contribution in [1.29, 1.82) is 0 Å². The summed E-state index contributed by atoms with van der Waals surface area (Å²) in [5.41, 5.74) is 0. The molecule has 0 aromatic carbocycles. The van der Waals surface area contributed by atoms with Crippen LogP contribution in [0, 0.1) is 6.92 Å². The van der Waals surface area contributed by atoms with Crippen molar-refractivity contribution in [1.82, 2.24) is 9.80 Å². The van der Waals surface area contributed by atoms with Gasteiger partial charge in [0.2, 0.25) is 5.91 Å². The number of aryl methyl sites for hydroxylation is 1. The lowest BCUT2D eigenvalue weighted by Gasteiger charge is -2.19. The molecule has 0 atom stereocenters. The molecule has 0 spiro atoms. The third kappa shape index (κ3) is 4.99. The number of carboxylic acids is 1. The first-order valence-electron chi connectivity index (χ1n) is 7.02. The first-order chi connectivity index (χ1) is 10.0. The van der Waals surface area contributed by atoms with Crippen molar-refractivity contribution in [3.63, 3.8) is 0 Å². The Hall–Kier alpha value is -1.66.